The zero-order valence-corrected chi connectivity index (χ0v) is 21.5. The maximum absolute atomic E-state index is 13.1. The number of H-pyrrole nitrogens is 1. The molecule has 2 unspecified atom stereocenters. The van der Waals surface area contributed by atoms with Gasteiger partial charge in [0.25, 0.3) is 0 Å². The van der Waals surface area contributed by atoms with Gasteiger partial charge >= 0.3 is 10.7 Å². The Morgan fingerprint density at radius 1 is 1.25 bits per heavy atom. The molecule has 2 heterocycles. The molecule has 182 valence electrons. The van der Waals surface area contributed by atoms with Gasteiger partial charge in [-0.3, -0.25) is 9.32 Å². The summed E-state index contributed by atoms with van der Waals surface area (Å²) in [7, 11) is 0. The average Bonchev–Trinajstić information content (AvgIpc) is 3.43. The summed E-state index contributed by atoms with van der Waals surface area (Å²) < 4.78 is 6.54. The maximum atomic E-state index is 13.1. The number of thiophene rings is 1. The van der Waals surface area contributed by atoms with Gasteiger partial charge in [0.05, 0.1) is 10.8 Å². The van der Waals surface area contributed by atoms with Crippen molar-refractivity contribution < 1.29 is 14.0 Å². The molecule has 2 aromatic heterocycles. The molecule has 5 rings (SSSR count). The Morgan fingerprint density at radius 3 is 2.72 bits per heavy atom. The highest BCUT2D eigenvalue weighted by molar-refractivity contribution is 8.00. The SMILES string of the molecule is Cc1ccc(-[n+]2[nH]oc(=O)c2SC(C)C(=O)Nc2sc3c(c2C#N)CCC(c2ccccc2)C3)cc1. The number of aromatic amines is 1. The number of rotatable bonds is 6. The van der Waals surface area contributed by atoms with Crippen LogP contribution in [0.3, 0.4) is 0 Å². The molecule has 2 atom stereocenters. The summed E-state index contributed by atoms with van der Waals surface area (Å²) in [4.78, 5) is 26.6. The summed E-state index contributed by atoms with van der Waals surface area (Å²) in [6.07, 6.45) is 2.65. The van der Waals surface area contributed by atoms with Gasteiger partial charge in [-0.1, -0.05) is 48.0 Å². The molecule has 1 aliphatic carbocycles. The number of nitrogens with one attached hydrogen (secondary N) is 2. The lowest BCUT2D eigenvalue weighted by molar-refractivity contribution is -0.704. The van der Waals surface area contributed by atoms with Crippen LogP contribution in [-0.2, 0) is 17.6 Å². The third kappa shape index (κ3) is 4.74. The smallest absolute Gasteiger partial charge is 0.316 e. The Kier molecular flexibility index (Phi) is 6.81. The number of fused-ring (bicyclic) bond motifs is 1. The largest absolute Gasteiger partial charge is 0.442 e. The van der Waals surface area contributed by atoms with Crippen molar-refractivity contribution in [1.82, 2.24) is 5.27 Å². The van der Waals surface area contributed by atoms with E-state index in [1.807, 2.05) is 37.3 Å². The van der Waals surface area contributed by atoms with Crippen LogP contribution in [0.15, 0.2) is 68.9 Å². The first-order chi connectivity index (χ1) is 17.4. The van der Waals surface area contributed by atoms with Gasteiger partial charge in [0.15, 0.2) is 0 Å². The Labute approximate surface area is 216 Å². The fraction of sp³-hybridized carbons (Fsp3) is 0.259. The number of carbonyl (C=O) groups excluding carboxylic acids is 1. The van der Waals surface area contributed by atoms with Crippen LogP contribution in [0.4, 0.5) is 5.00 Å². The average molecular weight is 518 g/mol. The van der Waals surface area contributed by atoms with Crippen LogP contribution >= 0.6 is 23.1 Å². The summed E-state index contributed by atoms with van der Waals surface area (Å²) in [6, 6.07) is 20.3. The van der Waals surface area contributed by atoms with Crippen LogP contribution in [0.25, 0.3) is 5.69 Å². The van der Waals surface area contributed by atoms with E-state index in [0.717, 1.165) is 52.7 Å². The number of anilines is 1. The van der Waals surface area contributed by atoms with Crippen molar-refractivity contribution in [2.75, 3.05) is 5.32 Å². The number of hydrogen-bond acceptors (Lipinski definition) is 6. The van der Waals surface area contributed by atoms with E-state index in [-0.39, 0.29) is 10.9 Å². The minimum Gasteiger partial charge on any atom is -0.316 e. The van der Waals surface area contributed by atoms with Gasteiger partial charge in [0.2, 0.25) is 11.6 Å². The lowest BCUT2D eigenvalue weighted by Gasteiger charge is -2.22. The number of aryl methyl sites for hydroxylation is 1. The molecule has 2 aromatic carbocycles. The van der Waals surface area contributed by atoms with E-state index in [1.54, 1.807) is 6.92 Å². The number of nitrogens with zero attached hydrogens (tertiary/aromatic N) is 2. The first kappa shape index (κ1) is 24.1. The van der Waals surface area contributed by atoms with Crippen molar-refractivity contribution in [1.29, 1.82) is 5.26 Å². The molecule has 2 N–H and O–H groups in total. The van der Waals surface area contributed by atoms with Crippen molar-refractivity contribution in [2.45, 2.75) is 49.3 Å². The van der Waals surface area contributed by atoms with Crippen molar-refractivity contribution in [3.8, 4) is 11.8 Å². The van der Waals surface area contributed by atoms with Gasteiger partial charge in [-0.2, -0.15) is 5.26 Å². The molecule has 0 saturated carbocycles. The summed E-state index contributed by atoms with van der Waals surface area (Å²) in [6.45, 7) is 3.71. The molecule has 0 bridgehead atoms. The number of amides is 1. The number of hydrogen-bond donors (Lipinski definition) is 2. The highest BCUT2D eigenvalue weighted by atomic mass is 32.2. The van der Waals surface area contributed by atoms with Gasteiger partial charge < -0.3 is 5.32 Å². The van der Waals surface area contributed by atoms with E-state index >= 15 is 0 Å². The Bertz CT molecular complexity index is 1500. The molecule has 0 radical (unpaired) electrons. The van der Waals surface area contributed by atoms with Gasteiger partial charge in [-0.25, -0.2) is 4.79 Å². The van der Waals surface area contributed by atoms with Crippen molar-refractivity contribution in [3.05, 3.63) is 92.1 Å². The Morgan fingerprint density at radius 2 is 2.00 bits per heavy atom. The summed E-state index contributed by atoms with van der Waals surface area (Å²) in [5.41, 5.74) is 4.19. The third-order valence-corrected chi connectivity index (χ3v) is 8.75. The number of nitriles is 1. The summed E-state index contributed by atoms with van der Waals surface area (Å²) in [5, 5.41) is 15.7. The summed E-state index contributed by atoms with van der Waals surface area (Å²) in [5.74, 6) is 0.137. The first-order valence-electron chi connectivity index (χ1n) is 11.7. The normalized spacial score (nSPS) is 15.6. The van der Waals surface area contributed by atoms with Crippen LogP contribution in [0.1, 0.15) is 46.4 Å². The molecule has 7 nitrogen and oxygen atoms in total. The molecule has 0 fully saturated rings. The van der Waals surface area contributed by atoms with Crippen molar-refractivity contribution in [3.63, 3.8) is 0 Å². The Hall–Kier alpha value is -3.61. The zero-order chi connectivity index (χ0) is 25.2. The van der Waals surface area contributed by atoms with Crippen LogP contribution in [0.5, 0.6) is 0 Å². The monoisotopic (exact) mass is 517 g/mol. The maximum Gasteiger partial charge on any atom is 0.442 e. The molecule has 4 aromatic rings. The van der Waals surface area contributed by atoms with E-state index in [9.17, 15) is 14.9 Å². The quantitative estimate of drug-likeness (QED) is 0.280. The fourth-order valence-corrected chi connectivity index (χ4v) is 6.63. The van der Waals surface area contributed by atoms with E-state index in [2.05, 4.69) is 40.9 Å². The standard InChI is InChI=1S/C27H24N4O3S2/c1-16-8-11-20(12-9-16)31-26(27(33)34-30-31)35-17(2)24(32)29-25-22(15-28)21-13-10-19(14-23(21)36-25)18-6-4-3-5-7-18/h3-9,11-12,17,19H,10,13-14H2,1-2H3,(H-,29,30,32,33)/p+1. The van der Waals surface area contributed by atoms with Gasteiger partial charge in [-0.05, 0) is 71.9 Å². The highest BCUT2D eigenvalue weighted by Gasteiger charge is 2.31. The number of benzene rings is 2. The van der Waals surface area contributed by atoms with Crippen LogP contribution < -0.4 is 15.6 Å². The topological polar surface area (TPSA) is 103 Å². The fourth-order valence-electron chi connectivity index (χ4n) is 4.46. The van der Waals surface area contributed by atoms with Gasteiger partial charge in [0.1, 0.15) is 11.1 Å². The van der Waals surface area contributed by atoms with E-state index in [1.165, 1.54) is 21.6 Å². The van der Waals surface area contributed by atoms with Crippen LogP contribution in [-0.4, -0.2) is 16.4 Å². The second-order valence-electron chi connectivity index (χ2n) is 8.88. The predicted octanol–water partition coefficient (Wildman–Crippen LogP) is 4.88. The lowest BCUT2D eigenvalue weighted by atomic mass is 9.83. The molecule has 0 aliphatic heterocycles. The molecule has 1 amide bonds. The Balaban J connectivity index is 1.33. The van der Waals surface area contributed by atoms with Gasteiger partial charge in [-0.15, -0.1) is 11.3 Å². The minimum absolute atomic E-state index is 0.272. The van der Waals surface area contributed by atoms with Crippen LogP contribution in [0.2, 0.25) is 0 Å². The predicted molar refractivity (Wildman–Crippen MR) is 140 cm³/mol. The minimum atomic E-state index is -0.594. The molecule has 0 spiro atoms. The summed E-state index contributed by atoms with van der Waals surface area (Å²) >= 11 is 2.60. The molecular formula is C27H25N4O3S2+. The number of aromatic nitrogens is 2. The zero-order valence-electron chi connectivity index (χ0n) is 19.9. The molecule has 36 heavy (non-hydrogen) atoms. The van der Waals surface area contributed by atoms with E-state index in [4.69, 9.17) is 4.52 Å². The van der Waals surface area contributed by atoms with Crippen molar-refractivity contribution in [2.24, 2.45) is 0 Å². The van der Waals surface area contributed by atoms with E-state index < -0.39 is 10.9 Å². The second-order valence-corrected chi connectivity index (χ2v) is 11.3. The molecule has 0 saturated heterocycles. The third-order valence-electron chi connectivity index (χ3n) is 6.44. The molecular weight excluding hydrogens is 492 g/mol. The van der Waals surface area contributed by atoms with E-state index in [0.29, 0.717) is 16.5 Å². The molecule has 9 heteroatoms. The number of thioether (sulfide) groups is 1. The first-order valence-corrected chi connectivity index (χ1v) is 13.4. The van der Waals surface area contributed by atoms with Gasteiger partial charge in [0, 0.05) is 17.0 Å². The highest BCUT2D eigenvalue weighted by Crippen LogP contribution is 2.42. The number of carbonyl (C=O) groups is 1. The van der Waals surface area contributed by atoms with Crippen LogP contribution in [0, 0.1) is 18.3 Å². The molecule has 1 aliphatic rings. The lowest BCUT2D eigenvalue weighted by Crippen LogP contribution is -2.37. The second kappa shape index (κ2) is 10.2. The van der Waals surface area contributed by atoms with Crippen molar-refractivity contribution >= 4 is 34.0 Å².